The number of carbonyl (C=O) groups excluding carboxylic acids is 1. The van der Waals surface area contributed by atoms with Gasteiger partial charge in [-0.3, -0.25) is 9.59 Å². The standard InChI is InChI=1S/C9H18N2O4/c1-6(2)15-4-3-11-9(14)7(10)5-8(12)13/h6-7H,3-5,10H2,1-2H3,(H,11,14)(H,12,13). The topological polar surface area (TPSA) is 102 Å². The van der Waals surface area contributed by atoms with E-state index in [-0.39, 0.29) is 12.5 Å². The van der Waals surface area contributed by atoms with Gasteiger partial charge in [-0.15, -0.1) is 0 Å². The minimum Gasteiger partial charge on any atom is -0.481 e. The van der Waals surface area contributed by atoms with Crippen LogP contribution in [0, 0.1) is 0 Å². The third-order valence-corrected chi connectivity index (χ3v) is 1.58. The maximum atomic E-state index is 11.2. The Balaban J connectivity index is 3.60. The predicted molar refractivity (Wildman–Crippen MR) is 54.3 cm³/mol. The second-order valence-electron chi connectivity index (χ2n) is 3.41. The summed E-state index contributed by atoms with van der Waals surface area (Å²) in [4.78, 5) is 21.4. The molecule has 6 nitrogen and oxygen atoms in total. The van der Waals surface area contributed by atoms with E-state index < -0.39 is 17.9 Å². The van der Waals surface area contributed by atoms with Crippen LogP contribution in [0.4, 0.5) is 0 Å². The first-order valence-corrected chi connectivity index (χ1v) is 4.80. The molecule has 1 unspecified atom stereocenters. The zero-order chi connectivity index (χ0) is 11.8. The summed E-state index contributed by atoms with van der Waals surface area (Å²) in [5, 5.41) is 10.9. The summed E-state index contributed by atoms with van der Waals surface area (Å²) in [6.07, 6.45) is -0.258. The SMILES string of the molecule is CC(C)OCCNC(=O)C(N)CC(=O)O. The molecule has 0 spiro atoms. The number of ether oxygens (including phenoxy) is 1. The molecular formula is C9H18N2O4. The van der Waals surface area contributed by atoms with Crippen LogP contribution in [-0.4, -0.2) is 42.3 Å². The third-order valence-electron chi connectivity index (χ3n) is 1.58. The van der Waals surface area contributed by atoms with Gasteiger partial charge in [-0.2, -0.15) is 0 Å². The van der Waals surface area contributed by atoms with E-state index in [0.29, 0.717) is 13.2 Å². The van der Waals surface area contributed by atoms with Gasteiger partial charge in [0.15, 0.2) is 0 Å². The largest absolute Gasteiger partial charge is 0.481 e. The number of nitrogens with one attached hydrogen (secondary N) is 1. The van der Waals surface area contributed by atoms with Crippen LogP contribution >= 0.6 is 0 Å². The second kappa shape index (κ2) is 7.19. The van der Waals surface area contributed by atoms with Gasteiger partial charge in [0.1, 0.15) is 0 Å². The average molecular weight is 218 g/mol. The third kappa shape index (κ3) is 7.90. The number of carboxylic acids is 1. The lowest BCUT2D eigenvalue weighted by Crippen LogP contribution is -2.43. The Morgan fingerprint density at radius 1 is 1.47 bits per heavy atom. The van der Waals surface area contributed by atoms with Gasteiger partial charge in [-0.25, -0.2) is 0 Å². The Morgan fingerprint density at radius 3 is 2.53 bits per heavy atom. The lowest BCUT2D eigenvalue weighted by molar-refractivity contribution is -0.139. The lowest BCUT2D eigenvalue weighted by atomic mass is 10.2. The van der Waals surface area contributed by atoms with E-state index in [1.165, 1.54) is 0 Å². The summed E-state index contributed by atoms with van der Waals surface area (Å²) in [5.41, 5.74) is 5.33. The van der Waals surface area contributed by atoms with Crippen molar-refractivity contribution in [1.82, 2.24) is 5.32 Å². The molecule has 1 amide bonds. The molecule has 6 heteroatoms. The van der Waals surface area contributed by atoms with E-state index in [4.69, 9.17) is 15.6 Å². The summed E-state index contributed by atoms with van der Waals surface area (Å²) in [6, 6.07) is -0.999. The summed E-state index contributed by atoms with van der Waals surface area (Å²) in [5.74, 6) is -1.55. The smallest absolute Gasteiger partial charge is 0.305 e. The quantitative estimate of drug-likeness (QED) is 0.492. The van der Waals surface area contributed by atoms with Gasteiger partial charge in [0.2, 0.25) is 5.91 Å². The first-order valence-electron chi connectivity index (χ1n) is 4.80. The van der Waals surface area contributed by atoms with Gasteiger partial charge >= 0.3 is 5.97 Å². The van der Waals surface area contributed by atoms with E-state index in [1.807, 2.05) is 13.8 Å². The number of rotatable bonds is 7. The second-order valence-corrected chi connectivity index (χ2v) is 3.41. The first-order chi connectivity index (χ1) is 6.93. The maximum absolute atomic E-state index is 11.2. The molecule has 0 aliphatic heterocycles. The highest BCUT2D eigenvalue weighted by Gasteiger charge is 2.15. The maximum Gasteiger partial charge on any atom is 0.305 e. The normalized spacial score (nSPS) is 12.5. The molecule has 15 heavy (non-hydrogen) atoms. The van der Waals surface area contributed by atoms with E-state index >= 15 is 0 Å². The summed E-state index contributed by atoms with van der Waals surface area (Å²) >= 11 is 0. The van der Waals surface area contributed by atoms with Gasteiger partial charge in [-0.1, -0.05) is 0 Å². The molecular weight excluding hydrogens is 200 g/mol. The van der Waals surface area contributed by atoms with Crippen LogP contribution in [0.15, 0.2) is 0 Å². The van der Waals surface area contributed by atoms with Crippen molar-refractivity contribution in [2.24, 2.45) is 5.73 Å². The molecule has 0 radical (unpaired) electrons. The Morgan fingerprint density at radius 2 is 2.07 bits per heavy atom. The molecule has 4 N–H and O–H groups in total. The molecule has 0 aliphatic carbocycles. The molecule has 0 aromatic carbocycles. The fraction of sp³-hybridized carbons (Fsp3) is 0.778. The van der Waals surface area contributed by atoms with E-state index in [0.717, 1.165) is 0 Å². The molecule has 0 fully saturated rings. The van der Waals surface area contributed by atoms with Gasteiger partial charge in [-0.05, 0) is 13.8 Å². The molecule has 1 atom stereocenters. The number of amides is 1. The number of carboxylic acid groups (broad SMARTS) is 1. The molecule has 0 aromatic heterocycles. The van der Waals surface area contributed by atoms with Crippen LogP contribution in [0.25, 0.3) is 0 Å². The predicted octanol–water partition coefficient (Wildman–Crippen LogP) is -0.670. The van der Waals surface area contributed by atoms with Crippen molar-refractivity contribution in [3.8, 4) is 0 Å². The Hall–Kier alpha value is -1.14. The zero-order valence-corrected chi connectivity index (χ0v) is 9.03. The van der Waals surface area contributed by atoms with Crippen molar-refractivity contribution < 1.29 is 19.4 Å². The van der Waals surface area contributed by atoms with Gasteiger partial charge in [0, 0.05) is 6.54 Å². The number of hydrogen-bond donors (Lipinski definition) is 3. The highest BCUT2D eigenvalue weighted by Crippen LogP contribution is 1.89. The molecule has 0 bridgehead atoms. The monoisotopic (exact) mass is 218 g/mol. The molecule has 0 aromatic rings. The first kappa shape index (κ1) is 13.9. The van der Waals surface area contributed by atoms with E-state index in [9.17, 15) is 9.59 Å². The van der Waals surface area contributed by atoms with Crippen molar-refractivity contribution in [2.45, 2.75) is 32.4 Å². The molecule has 0 heterocycles. The number of carbonyl (C=O) groups is 2. The van der Waals surface area contributed by atoms with Crippen LogP contribution in [0.1, 0.15) is 20.3 Å². The average Bonchev–Trinajstić information content (AvgIpc) is 2.10. The van der Waals surface area contributed by atoms with Crippen LogP contribution in [0.3, 0.4) is 0 Å². The van der Waals surface area contributed by atoms with Crippen molar-refractivity contribution >= 4 is 11.9 Å². The molecule has 88 valence electrons. The zero-order valence-electron chi connectivity index (χ0n) is 9.03. The number of hydrogen-bond acceptors (Lipinski definition) is 4. The van der Waals surface area contributed by atoms with Crippen LogP contribution in [0.5, 0.6) is 0 Å². The van der Waals surface area contributed by atoms with Crippen molar-refractivity contribution in [3.63, 3.8) is 0 Å². The molecule has 0 saturated heterocycles. The van der Waals surface area contributed by atoms with Crippen molar-refractivity contribution in [2.75, 3.05) is 13.2 Å². The molecule has 0 saturated carbocycles. The van der Waals surface area contributed by atoms with Crippen molar-refractivity contribution in [1.29, 1.82) is 0 Å². The van der Waals surface area contributed by atoms with E-state index in [1.54, 1.807) is 0 Å². The minimum atomic E-state index is -1.09. The van der Waals surface area contributed by atoms with Crippen LogP contribution < -0.4 is 11.1 Å². The number of nitrogens with two attached hydrogens (primary N) is 1. The van der Waals surface area contributed by atoms with Gasteiger partial charge in [0.25, 0.3) is 0 Å². The summed E-state index contributed by atoms with van der Waals surface area (Å²) < 4.78 is 5.18. The summed E-state index contributed by atoms with van der Waals surface area (Å²) in [7, 11) is 0. The highest BCUT2D eigenvalue weighted by molar-refractivity contribution is 5.85. The van der Waals surface area contributed by atoms with Crippen molar-refractivity contribution in [3.05, 3.63) is 0 Å². The minimum absolute atomic E-state index is 0.106. The van der Waals surface area contributed by atoms with Crippen LogP contribution in [-0.2, 0) is 14.3 Å². The molecule has 0 rings (SSSR count). The molecule has 0 aliphatic rings. The Kier molecular flexibility index (Phi) is 6.64. The Labute approximate surface area is 88.8 Å². The highest BCUT2D eigenvalue weighted by atomic mass is 16.5. The fourth-order valence-corrected chi connectivity index (χ4v) is 0.881. The Bertz CT molecular complexity index is 218. The lowest BCUT2D eigenvalue weighted by Gasteiger charge is -2.11. The summed E-state index contributed by atoms with van der Waals surface area (Å²) in [6.45, 7) is 4.50. The van der Waals surface area contributed by atoms with E-state index in [2.05, 4.69) is 5.32 Å². The van der Waals surface area contributed by atoms with Gasteiger partial charge in [0.05, 0.1) is 25.2 Å². The van der Waals surface area contributed by atoms with Gasteiger partial charge < -0.3 is 20.9 Å². The fourth-order valence-electron chi connectivity index (χ4n) is 0.881. The van der Waals surface area contributed by atoms with Crippen LogP contribution in [0.2, 0.25) is 0 Å². The number of aliphatic carboxylic acids is 1.